The lowest BCUT2D eigenvalue weighted by Crippen LogP contribution is -2.48. The molecule has 1 aliphatic rings. The second-order valence-electron chi connectivity index (χ2n) is 6.90. The maximum absolute atomic E-state index is 12.5. The van der Waals surface area contributed by atoms with Crippen LogP contribution in [0.1, 0.15) is 28.9 Å². The van der Waals surface area contributed by atoms with E-state index in [1.54, 1.807) is 18.1 Å². The van der Waals surface area contributed by atoms with Gasteiger partial charge in [-0.05, 0) is 43.0 Å². The molecule has 3 amide bonds. The molecule has 2 aromatic rings. The Kier molecular flexibility index (Phi) is 6.89. The minimum Gasteiger partial charge on any atom is -0.497 e. The second kappa shape index (κ2) is 9.77. The van der Waals surface area contributed by atoms with Crippen LogP contribution in [-0.4, -0.2) is 54.7 Å². The number of ether oxygens (including phenoxy) is 2. The van der Waals surface area contributed by atoms with Gasteiger partial charge in [-0.25, -0.2) is 4.79 Å². The van der Waals surface area contributed by atoms with Crippen LogP contribution in [0.2, 0.25) is 0 Å². The van der Waals surface area contributed by atoms with Crippen molar-refractivity contribution < 1.29 is 19.1 Å². The van der Waals surface area contributed by atoms with Crippen LogP contribution in [-0.2, 0) is 6.42 Å². The third-order valence-corrected chi connectivity index (χ3v) is 4.80. The Hall–Kier alpha value is -3.29. The fourth-order valence-electron chi connectivity index (χ4n) is 3.25. The van der Waals surface area contributed by atoms with Gasteiger partial charge in [-0.3, -0.25) is 9.78 Å². The van der Waals surface area contributed by atoms with Crippen molar-refractivity contribution in [3.63, 3.8) is 0 Å². The summed E-state index contributed by atoms with van der Waals surface area (Å²) in [5.41, 5.74) is 6.55. The van der Waals surface area contributed by atoms with E-state index in [0.717, 1.165) is 30.6 Å². The molecule has 0 saturated carbocycles. The Labute approximate surface area is 170 Å². The average molecular weight is 398 g/mol. The number of piperidine rings is 1. The zero-order valence-electron chi connectivity index (χ0n) is 16.5. The Morgan fingerprint density at radius 2 is 2.03 bits per heavy atom. The lowest BCUT2D eigenvalue weighted by molar-refractivity contribution is 0.0982. The summed E-state index contributed by atoms with van der Waals surface area (Å²) in [7, 11) is 1.64. The minimum atomic E-state index is -0.600. The lowest BCUT2D eigenvalue weighted by Gasteiger charge is -2.33. The third-order valence-electron chi connectivity index (χ3n) is 4.80. The summed E-state index contributed by atoms with van der Waals surface area (Å²) in [4.78, 5) is 29.4. The molecule has 154 valence electrons. The third kappa shape index (κ3) is 5.84. The van der Waals surface area contributed by atoms with Crippen molar-refractivity contribution in [1.82, 2.24) is 15.2 Å². The largest absolute Gasteiger partial charge is 0.497 e. The van der Waals surface area contributed by atoms with E-state index >= 15 is 0 Å². The first kappa shape index (κ1) is 20.4. The molecule has 1 aromatic heterocycles. The van der Waals surface area contributed by atoms with E-state index in [-0.39, 0.29) is 17.8 Å². The molecule has 0 aliphatic carbocycles. The number of rotatable bonds is 7. The highest BCUT2D eigenvalue weighted by Crippen LogP contribution is 2.19. The number of methoxy groups -OCH3 is 1. The molecule has 1 aromatic carbocycles. The predicted octanol–water partition coefficient (Wildman–Crippen LogP) is 1.98. The Balaban J connectivity index is 1.47. The number of nitrogens with two attached hydrogens (primary N) is 1. The number of amides is 3. The number of urea groups is 1. The fraction of sp³-hybridized carbons (Fsp3) is 0.381. The molecule has 1 atom stereocenters. The van der Waals surface area contributed by atoms with Crippen LogP contribution < -0.4 is 20.5 Å². The zero-order valence-corrected chi connectivity index (χ0v) is 16.5. The fourth-order valence-corrected chi connectivity index (χ4v) is 3.25. The monoisotopic (exact) mass is 398 g/mol. The van der Waals surface area contributed by atoms with Crippen molar-refractivity contribution in [3.8, 4) is 11.5 Å². The van der Waals surface area contributed by atoms with E-state index in [0.29, 0.717) is 25.4 Å². The van der Waals surface area contributed by atoms with E-state index in [2.05, 4.69) is 10.3 Å². The average Bonchev–Trinajstić information content (AvgIpc) is 2.74. The SMILES string of the molecule is COc1ccc(CCNC(=O)N2CCCC(Oc3ccnc(C(N)=O)c3)C2)cc1. The topological polar surface area (TPSA) is 107 Å². The summed E-state index contributed by atoms with van der Waals surface area (Å²) in [6.45, 7) is 1.74. The summed E-state index contributed by atoms with van der Waals surface area (Å²) in [5.74, 6) is 0.742. The van der Waals surface area contributed by atoms with E-state index in [1.807, 2.05) is 24.3 Å². The highest BCUT2D eigenvalue weighted by molar-refractivity contribution is 5.91. The second-order valence-corrected chi connectivity index (χ2v) is 6.90. The number of hydrogen-bond donors (Lipinski definition) is 2. The maximum atomic E-state index is 12.5. The number of likely N-dealkylation sites (tertiary alicyclic amines) is 1. The molecular weight excluding hydrogens is 372 g/mol. The predicted molar refractivity (Wildman–Crippen MR) is 108 cm³/mol. The number of nitrogens with zero attached hydrogens (tertiary/aromatic N) is 2. The first-order valence-corrected chi connectivity index (χ1v) is 9.63. The zero-order chi connectivity index (χ0) is 20.6. The van der Waals surface area contributed by atoms with E-state index in [1.165, 1.54) is 12.3 Å². The number of hydrogen-bond acceptors (Lipinski definition) is 5. The van der Waals surface area contributed by atoms with Gasteiger partial charge in [-0.2, -0.15) is 0 Å². The van der Waals surface area contributed by atoms with Crippen LogP contribution in [0, 0.1) is 0 Å². The molecule has 0 spiro atoms. The molecule has 1 unspecified atom stereocenters. The molecule has 29 heavy (non-hydrogen) atoms. The van der Waals surface area contributed by atoms with Crippen molar-refractivity contribution in [3.05, 3.63) is 53.9 Å². The van der Waals surface area contributed by atoms with Gasteiger partial charge in [-0.15, -0.1) is 0 Å². The number of pyridine rings is 1. The van der Waals surface area contributed by atoms with Crippen molar-refractivity contribution in [1.29, 1.82) is 0 Å². The first-order chi connectivity index (χ1) is 14.0. The number of benzene rings is 1. The van der Waals surface area contributed by atoms with E-state index < -0.39 is 5.91 Å². The number of nitrogens with one attached hydrogen (secondary N) is 1. The van der Waals surface area contributed by atoms with Gasteiger partial charge in [0.15, 0.2) is 0 Å². The Morgan fingerprint density at radius 3 is 2.76 bits per heavy atom. The van der Waals surface area contributed by atoms with Crippen molar-refractivity contribution in [2.24, 2.45) is 5.73 Å². The van der Waals surface area contributed by atoms with Gasteiger partial charge in [0.25, 0.3) is 5.91 Å². The normalized spacial score (nSPS) is 16.2. The highest BCUT2D eigenvalue weighted by atomic mass is 16.5. The highest BCUT2D eigenvalue weighted by Gasteiger charge is 2.25. The quantitative estimate of drug-likeness (QED) is 0.742. The summed E-state index contributed by atoms with van der Waals surface area (Å²) in [6, 6.07) is 10.9. The van der Waals surface area contributed by atoms with Crippen LogP contribution in [0.3, 0.4) is 0 Å². The van der Waals surface area contributed by atoms with Crippen molar-refractivity contribution in [2.75, 3.05) is 26.7 Å². The van der Waals surface area contributed by atoms with Crippen molar-refractivity contribution >= 4 is 11.9 Å². The number of carbonyl (C=O) groups excluding carboxylic acids is 2. The van der Waals surface area contributed by atoms with Crippen LogP contribution in [0.15, 0.2) is 42.6 Å². The van der Waals surface area contributed by atoms with Crippen LogP contribution in [0.25, 0.3) is 0 Å². The van der Waals surface area contributed by atoms with Gasteiger partial charge < -0.3 is 25.4 Å². The summed E-state index contributed by atoms with van der Waals surface area (Å²) >= 11 is 0. The standard InChI is InChI=1S/C21H26N4O4/c1-28-16-6-4-15(5-7-16)8-10-24-21(27)25-12-2-3-18(14-25)29-17-9-11-23-19(13-17)20(22)26/h4-7,9,11,13,18H,2-3,8,10,12,14H2,1H3,(H2,22,26)(H,24,27). The molecule has 3 rings (SSSR count). The van der Waals surface area contributed by atoms with Crippen LogP contribution in [0.4, 0.5) is 4.79 Å². The van der Waals surface area contributed by atoms with Gasteiger partial charge in [-0.1, -0.05) is 12.1 Å². The Morgan fingerprint density at radius 1 is 1.24 bits per heavy atom. The van der Waals surface area contributed by atoms with Gasteiger partial charge in [0.1, 0.15) is 23.3 Å². The molecule has 8 heteroatoms. The molecule has 0 radical (unpaired) electrons. The summed E-state index contributed by atoms with van der Waals surface area (Å²) in [6.07, 6.45) is 3.78. The summed E-state index contributed by atoms with van der Waals surface area (Å²) < 4.78 is 11.1. The summed E-state index contributed by atoms with van der Waals surface area (Å²) in [5, 5.41) is 2.97. The maximum Gasteiger partial charge on any atom is 0.317 e. The van der Waals surface area contributed by atoms with E-state index in [9.17, 15) is 9.59 Å². The first-order valence-electron chi connectivity index (χ1n) is 9.63. The van der Waals surface area contributed by atoms with E-state index in [4.69, 9.17) is 15.2 Å². The molecule has 3 N–H and O–H groups in total. The van der Waals surface area contributed by atoms with Gasteiger partial charge in [0, 0.05) is 25.4 Å². The Bertz CT molecular complexity index is 841. The van der Waals surface area contributed by atoms with Gasteiger partial charge in [0.2, 0.25) is 0 Å². The van der Waals surface area contributed by atoms with Crippen LogP contribution in [0.5, 0.6) is 11.5 Å². The minimum absolute atomic E-state index is 0.0978. The molecule has 2 heterocycles. The molecular formula is C21H26N4O4. The number of carbonyl (C=O) groups is 2. The van der Waals surface area contributed by atoms with Crippen LogP contribution >= 0.6 is 0 Å². The smallest absolute Gasteiger partial charge is 0.317 e. The molecule has 1 aliphatic heterocycles. The van der Waals surface area contributed by atoms with Gasteiger partial charge >= 0.3 is 6.03 Å². The molecule has 1 saturated heterocycles. The van der Waals surface area contributed by atoms with Crippen molar-refractivity contribution in [2.45, 2.75) is 25.4 Å². The molecule has 8 nitrogen and oxygen atoms in total. The molecule has 1 fully saturated rings. The van der Waals surface area contributed by atoms with Gasteiger partial charge in [0.05, 0.1) is 13.7 Å². The number of primary amides is 1. The number of aromatic nitrogens is 1. The molecule has 0 bridgehead atoms. The lowest BCUT2D eigenvalue weighted by atomic mass is 10.1.